The number of pyridine rings is 1. The lowest BCUT2D eigenvalue weighted by Crippen LogP contribution is -2.48. The second-order valence-electron chi connectivity index (χ2n) is 4.93. The number of aromatic nitrogens is 3. The Morgan fingerprint density at radius 3 is 2.70 bits per heavy atom. The Balaban J connectivity index is 1.65. The molecule has 2 aromatic rings. The van der Waals surface area contributed by atoms with Crippen molar-refractivity contribution >= 4 is 11.6 Å². The van der Waals surface area contributed by atoms with Gasteiger partial charge in [0, 0.05) is 50.5 Å². The Morgan fingerprint density at radius 2 is 2.05 bits per heavy atom. The van der Waals surface area contributed by atoms with Crippen LogP contribution in [-0.2, 0) is 0 Å². The summed E-state index contributed by atoms with van der Waals surface area (Å²) in [5.41, 5.74) is 3.00. The van der Waals surface area contributed by atoms with Crippen LogP contribution < -0.4 is 4.90 Å². The fraction of sp³-hybridized carbons (Fsp3) is 0.357. The lowest BCUT2D eigenvalue weighted by Gasteiger charge is -2.36. The summed E-state index contributed by atoms with van der Waals surface area (Å²) in [6.45, 7) is 5.20. The van der Waals surface area contributed by atoms with Gasteiger partial charge in [0.15, 0.2) is 0 Å². The highest BCUT2D eigenvalue weighted by atomic mass is 16.2. The molecule has 1 fully saturated rings. The molecule has 6 heteroatoms. The summed E-state index contributed by atoms with van der Waals surface area (Å²) in [6.07, 6.45) is 6.90. The van der Waals surface area contributed by atoms with E-state index in [2.05, 4.69) is 27.0 Å². The van der Waals surface area contributed by atoms with Gasteiger partial charge < -0.3 is 9.80 Å². The summed E-state index contributed by atoms with van der Waals surface area (Å²) in [5, 5.41) is 6.50. The normalized spacial score (nSPS) is 15.4. The molecule has 3 heterocycles. The van der Waals surface area contributed by atoms with Crippen LogP contribution in [0.3, 0.4) is 0 Å². The van der Waals surface area contributed by atoms with E-state index in [-0.39, 0.29) is 5.91 Å². The zero-order chi connectivity index (χ0) is 13.9. The van der Waals surface area contributed by atoms with E-state index >= 15 is 0 Å². The van der Waals surface area contributed by atoms with Gasteiger partial charge in [0.25, 0.3) is 5.91 Å². The highest BCUT2D eigenvalue weighted by molar-refractivity contribution is 5.93. The Hall–Kier alpha value is -2.37. The minimum absolute atomic E-state index is 0.0462. The van der Waals surface area contributed by atoms with Crippen LogP contribution in [0.15, 0.2) is 30.9 Å². The van der Waals surface area contributed by atoms with Crippen molar-refractivity contribution in [3.8, 4) is 0 Å². The average molecular weight is 271 g/mol. The number of aryl methyl sites for hydroxylation is 1. The maximum atomic E-state index is 12.2. The first-order valence-electron chi connectivity index (χ1n) is 6.69. The van der Waals surface area contributed by atoms with Crippen molar-refractivity contribution in [2.45, 2.75) is 6.92 Å². The van der Waals surface area contributed by atoms with Gasteiger partial charge in [0.2, 0.25) is 0 Å². The molecule has 0 bridgehead atoms. The number of H-pyrrole nitrogens is 1. The molecule has 0 aliphatic carbocycles. The minimum Gasteiger partial charge on any atom is -0.368 e. The summed E-state index contributed by atoms with van der Waals surface area (Å²) < 4.78 is 0. The van der Waals surface area contributed by atoms with Gasteiger partial charge in [-0.15, -0.1) is 0 Å². The molecule has 0 radical (unpaired) electrons. The molecule has 3 rings (SSSR count). The van der Waals surface area contributed by atoms with Crippen LogP contribution in [0.5, 0.6) is 0 Å². The standard InChI is InChI=1S/C14H17N5O/c1-11-8-15-3-2-13(11)18-4-6-19(7-5-18)14(20)12-9-16-17-10-12/h2-3,8-10H,4-7H2,1H3,(H,16,17). The number of amides is 1. The van der Waals surface area contributed by atoms with Crippen molar-refractivity contribution in [3.63, 3.8) is 0 Å². The number of carbonyl (C=O) groups excluding carboxylic acids is 1. The van der Waals surface area contributed by atoms with Crippen molar-refractivity contribution in [1.29, 1.82) is 0 Å². The average Bonchev–Trinajstić information content (AvgIpc) is 3.01. The molecule has 0 aromatic carbocycles. The van der Waals surface area contributed by atoms with E-state index < -0.39 is 0 Å². The molecule has 6 nitrogen and oxygen atoms in total. The van der Waals surface area contributed by atoms with Gasteiger partial charge in [-0.2, -0.15) is 5.10 Å². The molecule has 0 atom stereocenters. The molecule has 1 aliphatic rings. The molecule has 0 spiro atoms. The monoisotopic (exact) mass is 271 g/mol. The van der Waals surface area contributed by atoms with E-state index in [1.807, 2.05) is 23.4 Å². The van der Waals surface area contributed by atoms with E-state index in [9.17, 15) is 4.79 Å². The third-order valence-electron chi connectivity index (χ3n) is 3.64. The van der Waals surface area contributed by atoms with Crippen LogP contribution in [-0.4, -0.2) is 52.2 Å². The van der Waals surface area contributed by atoms with Gasteiger partial charge in [-0.1, -0.05) is 0 Å². The molecule has 1 N–H and O–H groups in total. The summed E-state index contributed by atoms with van der Waals surface area (Å²) in [4.78, 5) is 20.5. The third-order valence-corrected chi connectivity index (χ3v) is 3.64. The van der Waals surface area contributed by atoms with E-state index in [0.29, 0.717) is 5.56 Å². The Kier molecular flexibility index (Phi) is 3.37. The number of anilines is 1. The predicted molar refractivity (Wildman–Crippen MR) is 75.7 cm³/mol. The second kappa shape index (κ2) is 5.32. The first kappa shape index (κ1) is 12.7. The Labute approximate surface area is 117 Å². The lowest BCUT2D eigenvalue weighted by atomic mass is 10.2. The van der Waals surface area contributed by atoms with Crippen LogP contribution in [0, 0.1) is 6.92 Å². The van der Waals surface area contributed by atoms with Crippen LogP contribution in [0.1, 0.15) is 15.9 Å². The van der Waals surface area contributed by atoms with Crippen LogP contribution in [0.4, 0.5) is 5.69 Å². The van der Waals surface area contributed by atoms with E-state index in [1.165, 1.54) is 11.3 Å². The highest BCUT2D eigenvalue weighted by Gasteiger charge is 2.23. The quantitative estimate of drug-likeness (QED) is 0.887. The fourth-order valence-electron chi connectivity index (χ4n) is 2.52. The van der Waals surface area contributed by atoms with Gasteiger partial charge >= 0.3 is 0 Å². The zero-order valence-corrected chi connectivity index (χ0v) is 11.4. The van der Waals surface area contributed by atoms with Crippen LogP contribution in [0.25, 0.3) is 0 Å². The largest absolute Gasteiger partial charge is 0.368 e. The fourth-order valence-corrected chi connectivity index (χ4v) is 2.52. The number of hydrogen-bond donors (Lipinski definition) is 1. The molecular weight excluding hydrogens is 254 g/mol. The molecule has 0 saturated carbocycles. The maximum absolute atomic E-state index is 12.2. The number of piperazine rings is 1. The second-order valence-corrected chi connectivity index (χ2v) is 4.93. The van der Waals surface area contributed by atoms with Crippen molar-refractivity contribution in [3.05, 3.63) is 42.0 Å². The molecular formula is C14H17N5O. The molecule has 104 valence electrons. The van der Waals surface area contributed by atoms with Gasteiger partial charge in [-0.05, 0) is 18.6 Å². The molecule has 1 aliphatic heterocycles. The number of nitrogens with one attached hydrogen (secondary N) is 1. The molecule has 1 saturated heterocycles. The molecule has 2 aromatic heterocycles. The molecule has 1 amide bonds. The number of hydrogen-bond acceptors (Lipinski definition) is 4. The van der Waals surface area contributed by atoms with Crippen molar-refractivity contribution in [1.82, 2.24) is 20.1 Å². The number of nitrogens with zero attached hydrogens (tertiary/aromatic N) is 4. The first-order valence-corrected chi connectivity index (χ1v) is 6.69. The first-order chi connectivity index (χ1) is 9.75. The minimum atomic E-state index is 0.0462. The van der Waals surface area contributed by atoms with E-state index in [1.54, 1.807) is 12.4 Å². The summed E-state index contributed by atoms with van der Waals surface area (Å²) in [5.74, 6) is 0.0462. The summed E-state index contributed by atoms with van der Waals surface area (Å²) in [7, 11) is 0. The van der Waals surface area contributed by atoms with Crippen molar-refractivity contribution < 1.29 is 4.79 Å². The highest BCUT2D eigenvalue weighted by Crippen LogP contribution is 2.20. The molecule has 0 unspecified atom stereocenters. The maximum Gasteiger partial charge on any atom is 0.257 e. The van der Waals surface area contributed by atoms with E-state index in [4.69, 9.17) is 0 Å². The molecule has 20 heavy (non-hydrogen) atoms. The van der Waals surface area contributed by atoms with Gasteiger partial charge in [0.1, 0.15) is 0 Å². The van der Waals surface area contributed by atoms with Gasteiger partial charge in [0.05, 0.1) is 11.8 Å². The Morgan fingerprint density at radius 1 is 1.25 bits per heavy atom. The smallest absolute Gasteiger partial charge is 0.257 e. The summed E-state index contributed by atoms with van der Waals surface area (Å²) >= 11 is 0. The Bertz CT molecular complexity index is 587. The summed E-state index contributed by atoms with van der Waals surface area (Å²) in [6, 6.07) is 2.03. The van der Waals surface area contributed by atoms with Gasteiger partial charge in [-0.3, -0.25) is 14.9 Å². The number of aromatic amines is 1. The van der Waals surface area contributed by atoms with Gasteiger partial charge in [-0.25, -0.2) is 0 Å². The lowest BCUT2D eigenvalue weighted by molar-refractivity contribution is 0.0747. The third kappa shape index (κ3) is 2.36. The van der Waals surface area contributed by atoms with E-state index in [0.717, 1.165) is 26.2 Å². The SMILES string of the molecule is Cc1cnccc1N1CCN(C(=O)c2cn[nH]c2)CC1. The predicted octanol–water partition coefficient (Wildman–Crippen LogP) is 1.08. The van der Waals surface area contributed by atoms with Crippen LogP contribution in [0.2, 0.25) is 0 Å². The number of rotatable bonds is 2. The van der Waals surface area contributed by atoms with Crippen molar-refractivity contribution in [2.75, 3.05) is 31.1 Å². The topological polar surface area (TPSA) is 65.1 Å². The number of carbonyl (C=O) groups is 1. The van der Waals surface area contributed by atoms with Crippen molar-refractivity contribution in [2.24, 2.45) is 0 Å². The zero-order valence-electron chi connectivity index (χ0n) is 11.4. The van der Waals surface area contributed by atoms with Crippen LogP contribution >= 0.6 is 0 Å².